The van der Waals surface area contributed by atoms with E-state index in [-0.39, 0.29) is 5.91 Å². The number of rotatable bonds is 7. The lowest BCUT2D eigenvalue weighted by Gasteiger charge is -2.25. The molecule has 4 nitrogen and oxygen atoms in total. The van der Waals surface area contributed by atoms with E-state index in [0.717, 1.165) is 33.9 Å². The van der Waals surface area contributed by atoms with E-state index < -0.39 is 0 Å². The highest BCUT2D eigenvalue weighted by molar-refractivity contribution is 5.91. The van der Waals surface area contributed by atoms with Crippen LogP contribution in [0.1, 0.15) is 23.6 Å². The number of carbonyl (C=O) groups excluding carboxylic acids is 1. The maximum Gasteiger partial charge on any atom is 0.224 e. The number of nitrogens with zero attached hydrogens (tertiary/aromatic N) is 1. The van der Waals surface area contributed by atoms with E-state index >= 15 is 0 Å². The smallest absolute Gasteiger partial charge is 0.224 e. The van der Waals surface area contributed by atoms with Crippen LogP contribution in [0.25, 0.3) is 11.8 Å². The molecule has 0 spiro atoms. The van der Waals surface area contributed by atoms with Crippen LogP contribution in [0, 0.1) is 0 Å². The standard InChI is InChI=1S/C25H25NO3/c1-19(27)26(18-21-9-13-23(28-2)14-10-21)25(17-20-7-5-4-6-8-20)22-11-15-24(29-3)16-12-22/h4-17H,18H2,1-3H3/b25-17-. The molecule has 0 unspecified atom stereocenters. The van der Waals surface area contributed by atoms with Crippen LogP contribution in [0.2, 0.25) is 0 Å². The normalized spacial score (nSPS) is 11.1. The van der Waals surface area contributed by atoms with Gasteiger partial charge in [-0.2, -0.15) is 0 Å². The molecule has 4 heteroatoms. The number of ether oxygens (including phenoxy) is 2. The van der Waals surface area contributed by atoms with Crippen molar-refractivity contribution in [2.75, 3.05) is 14.2 Å². The minimum atomic E-state index is -0.0289. The predicted molar refractivity (Wildman–Crippen MR) is 117 cm³/mol. The second-order valence-electron chi connectivity index (χ2n) is 6.62. The number of methoxy groups -OCH3 is 2. The van der Waals surface area contributed by atoms with Crippen molar-refractivity contribution in [1.29, 1.82) is 0 Å². The molecule has 3 rings (SSSR count). The van der Waals surface area contributed by atoms with Gasteiger partial charge in [0.15, 0.2) is 0 Å². The summed E-state index contributed by atoms with van der Waals surface area (Å²) in [7, 11) is 3.28. The summed E-state index contributed by atoms with van der Waals surface area (Å²) >= 11 is 0. The van der Waals surface area contributed by atoms with Crippen molar-refractivity contribution in [3.8, 4) is 11.5 Å². The highest BCUT2D eigenvalue weighted by Gasteiger charge is 2.17. The molecule has 1 amide bonds. The van der Waals surface area contributed by atoms with Crippen LogP contribution in [-0.2, 0) is 11.3 Å². The van der Waals surface area contributed by atoms with Gasteiger partial charge in [-0.25, -0.2) is 0 Å². The van der Waals surface area contributed by atoms with Crippen molar-refractivity contribution in [2.45, 2.75) is 13.5 Å². The highest BCUT2D eigenvalue weighted by atomic mass is 16.5. The summed E-state index contributed by atoms with van der Waals surface area (Å²) < 4.78 is 10.5. The lowest BCUT2D eigenvalue weighted by molar-refractivity contribution is -0.126. The molecule has 148 valence electrons. The Hall–Kier alpha value is -3.53. The zero-order chi connectivity index (χ0) is 20.6. The molecule has 0 fully saturated rings. The first kappa shape index (κ1) is 20.2. The Labute approximate surface area is 172 Å². The van der Waals surface area contributed by atoms with Gasteiger partial charge in [-0.3, -0.25) is 4.79 Å². The molecule has 0 radical (unpaired) electrons. The fraction of sp³-hybridized carbons (Fsp3) is 0.160. The molecule has 0 aromatic heterocycles. The maximum absolute atomic E-state index is 12.6. The highest BCUT2D eigenvalue weighted by Crippen LogP contribution is 2.27. The van der Waals surface area contributed by atoms with Gasteiger partial charge in [-0.1, -0.05) is 42.5 Å². The summed E-state index contributed by atoms with van der Waals surface area (Å²) in [5.74, 6) is 1.54. The fourth-order valence-corrected chi connectivity index (χ4v) is 3.07. The third-order valence-electron chi connectivity index (χ3n) is 4.66. The molecular weight excluding hydrogens is 362 g/mol. The van der Waals surface area contributed by atoms with Gasteiger partial charge in [0.1, 0.15) is 11.5 Å². The average Bonchev–Trinajstić information content (AvgIpc) is 2.77. The Bertz CT molecular complexity index is 961. The van der Waals surface area contributed by atoms with Gasteiger partial charge in [0.05, 0.1) is 26.5 Å². The average molecular weight is 387 g/mol. The van der Waals surface area contributed by atoms with Crippen molar-refractivity contribution >= 4 is 17.7 Å². The fourth-order valence-electron chi connectivity index (χ4n) is 3.07. The molecule has 0 bridgehead atoms. The lowest BCUT2D eigenvalue weighted by Crippen LogP contribution is -2.26. The SMILES string of the molecule is COc1ccc(CN(C(C)=O)/C(=C\c2ccccc2)c2ccc(OC)cc2)cc1. The topological polar surface area (TPSA) is 38.8 Å². The minimum absolute atomic E-state index is 0.0289. The van der Waals surface area contributed by atoms with Crippen molar-refractivity contribution in [2.24, 2.45) is 0 Å². The second kappa shape index (κ2) is 9.60. The van der Waals surface area contributed by atoms with Gasteiger partial charge in [0.2, 0.25) is 5.91 Å². The van der Waals surface area contributed by atoms with E-state index in [2.05, 4.69) is 0 Å². The first-order valence-corrected chi connectivity index (χ1v) is 9.43. The van der Waals surface area contributed by atoms with Crippen LogP contribution in [-0.4, -0.2) is 25.0 Å². The Balaban J connectivity index is 2.02. The third-order valence-corrected chi connectivity index (χ3v) is 4.66. The summed E-state index contributed by atoms with van der Waals surface area (Å²) in [4.78, 5) is 14.4. The molecule has 3 aromatic carbocycles. The van der Waals surface area contributed by atoms with E-state index in [1.165, 1.54) is 0 Å². The largest absolute Gasteiger partial charge is 0.497 e. The molecule has 0 aliphatic carbocycles. The van der Waals surface area contributed by atoms with Crippen LogP contribution in [0.4, 0.5) is 0 Å². The number of hydrogen-bond donors (Lipinski definition) is 0. The third kappa shape index (κ3) is 5.26. The second-order valence-corrected chi connectivity index (χ2v) is 6.62. The van der Waals surface area contributed by atoms with Gasteiger partial charge in [-0.05, 0) is 59.2 Å². The first-order valence-electron chi connectivity index (χ1n) is 9.43. The summed E-state index contributed by atoms with van der Waals surface area (Å²) in [6, 6.07) is 25.5. The van der Waals surface area contributed by atoms with E-state index in [0.29, 0.717) is 6.54 Å². The van der Waals surface area contributed by atoms with Crippen molar-refractivity contribution < 1.29 is 14.3 Å². The number of carbonyl (C=O) groups is 1. The number of amides is 1. The molecule has 0 saturated heterocycles. The van der Waals surface area contributed by atoms with E-state index in [9.17, 15) is 4.79 Å². The van der Waals surface area contributed by atoms with Crippen molar-refractivity contribution in [3.63, 3.8) is 0 Å². The van der Waals surface area contributed by atoms with Crippen LogP contribution < -0.4 is 9.47 Å². The molecule has 0 aliphatic rings. The van der Waals surface area contributed by atoms with Crippen LogP contribution in [0.15, 0.2) is 78.9 Å². The van der Waals surface area contributed by atoms with Gasteiger partial charge in [-0.15, -0.1) is 0 Å². The van der Waals surface area contributed by atoms with Crippen molar-refractivity contribution in [3.05, 3.63) is 95.6 Å². The first-order chi connectivity index (χ1) is 14.1. The van der Waals surface area contributed by atoms with Gasteiger partial charge in [0, 0.05) is 6.92 Å². The van der Waals surface area contributed by atoms with Crippen LogP contribution in [0.5, 0.6) is 11.5 Å². The lowest BCUT2D eigenvalue weighted by atomic mass is 10.1. The van der Waals surface area contributed by atoms with Gasteiger partial charge < -0.3 is 14.4 Å². The van der Waals surface area contributed by atoms with Crippen molar-refractivity contribution in [1.82, 2.24) is 4.90 Å². The molecule has 0 heterocycles. The number of benzene rings is 3. The van der Waals surface area contributed by atoms with Gasteiger partial charge in [0.25, 0.3) is 0 Å². The minimum Gasteiger partial charge on any atom is -0.497 e. The van der Waals surface area contributed by atoms with E-state index in [1.807, 2.05) is 84.9 Å². The summed E-state index contributed by atoms with van der Waals surface area (Å²) in [6.07, 6.45) is 2.03. The predicted octanol–water partition coefficient (Wildman–Crippen LogP) is 5.25. The molecule has 0 saturated carbocycles. The Morgan fingerprint density at radius 3 is 1.90 bits per heavy atom. The summed E-state index contributed by atoms with van der Waals surface area (Å²) in [5, 5.41) is 0. The van der Waals surface area contributed by atoms with E-state index in [4.69, 9.17) is 9.47 Å². The monoisotopic (exact) mass is 387 g/mol. The Morgan fingerprint density at radius 2 is 1.38 bits per heavy atom. The summed E-state index contributed by atoms with van der Waals surface area (Å²) in [5.41, 5.74) is 3.83. The van der Waals surface area contributed by atoms with Crippen LogP contribution >= 0.6 is 0 Å². The molecule has 0 atom stereocenters. The molecule has 0 N–H and O–H groups in total. The molecule has 0 aliphatic heterocycles. The molecule has 3 aromatic rings. The number of hydrogen-bond acceptors (Lipinski definition) is 3. The Morgan fingerprint density at radius 1 is 0.828 bits per heavy atom. The quantitative estimate of drug-likeness (QED) is 0.520. The Kier molecular flexibility index (Phi) is 6.69. The molecular formula is C25H25NO3. The maximum atomic E-state index is 12.6. The zero-order valence-electron chi connectivity index (χ0n) is 17.0. The van der Waals surface area contributed by atoms with Crippen LogP contribution in [0.3, 0.4) is 0 Å². The molecule has 29 heavy (non-hydrogen) atoms. The zero-order valence-corrected chi connectivity index (χ0v) is 17.0. The van der Waals surface area contributed by atoms with E-state index in [1.54, 1.807) is 26.0 Å². The summed E-state index contributed by atoms with van der Waals surface area (Å²) in [6.45, 7) is 2.05. The van der Waals surface area contributed by atoms with Gasteiger partial charge >= 0.3 is 0 Å².